The lowest BCUT2D eigenvalue weighted by molar-refractivity contribution is 1.26. The lowest BCUT2D eigenvalue weighted by Gasteiger charge is -2.02. The van der Waals surface area contributed by atoms with Gasteiger partial charge in [-0.25, -0.2) is 0 Å². The van der Waals surface area contributed by atoms with E-state index in [0.29, 0.717) is 5.69 Å². The number of anilines is 1. The third-order valence-corrected chi connectivity index (χ3v) is 2.68. The number of benzene rings is 1. The van der Waals surface area contributed by atoms with Crippen LogP contribution in [-0.2, 0) is 0 Å². The van der Waals surface area contributed by atoms with Crippen LogP contribution in [0.5, 0.6) is 0 Å². The molecule has 17 heavy (non-hydrogen) atoms. The largest absolute Gasteiger partial charge is 0.397 e. The fourth-order valence-corrected chi connectivity index (χ4v) is 1.78. The molecule has 2 N–H and O–H groups in total. The molecule has 2 aromatic heterocycles. The molecule has 3 aromatic rings. The molecule has 0 aliphatic rings. The van der Waals surface area contributed by atoms with E-state index in [-0.39, 0.29) is 0 Å². The Morgan fingerprint density at radius 3 is 2.29 bits per heavy atom. The SMILES string of the molecule is Nc1ccc(-c2cc3ccccc3cn2)nc1. The van der Waals surface area contributed by atoms with Crippen molar-refractivity contribution in [3.63, 3.8) is 0 Å². The number of nitrogens with zero attached hydrogens (tertiary/aromatic N) is 2. The van der Waals surface area contributed by atoms with Crippen molar-refractivity contribution in [3.05, 3.63) is 54.9 Å². The second-order valence-corrected chi connectivity index (χ2v) is 3.89. The number of nitrogen functional groups attached to an aromatic ring is 1. The average Bonchev–Trinajstić information content (AvgIpc) is 2.39. The quantitative estimate of drug-likeness (QED) is 0.687. The molecule has 0 aliphatic carbocycles. The maximum absolute atomic E-state index is 5.61. The summed E-state index contributed by atoms with van der Waals surface area (Å²) in [6.07, 6.45) is 3.51. The Labute approximate surface area is 98.9 Å². The van der Waals surface area contributed by atoms with E-state index >= 15 is 0 Å². The highest BCUT2D eigenvalue weighted by molar-refractivity contribution is 5.84. The van der Waals surface area contributed by atoms with Crippen molar-refractivity contribution in [2.75, 3.05) is 5.73 Å². The number of hydrogen-bond donors (Lipinski definition) is 1. The number of aromatic nitrogens is 2. The van der Waals surface area contributed by atoms with Gasteiger partial charge in [-0.1, -0.05) is 24.3 Å². The standard InChI is InChI=1S/C14H11N3/c15-12-5-6-13(17-9-12)14-7-10-3-1-2-4-11(10)8-16-14/h1-9H,15H2. The van der Waals surface area contributed by atoms with Crippen molar-refractivity contribution >= 4 is 16.5 Å². The first-order chi connectivity index (χ1) is 8.33. The molecule has 82 valence electrons. The van der Waals surface area contributed by atoms with Gasteiger partial charge in [0.25, 0.3) is 0 Å². The minimum Gasteiger partial charge on any atom is -0.397 e. The second kappa shape index (κ2) is 3.87. The van der Waals surface area contributed by atoms with Crippen LogP contribution in [0.2, 0.25) is 0 Å². The summed E-state index contributed by atoms with van der Waals surface area (Å²) in [5.74, 6) is 0. The highest BCUT2D eigenvalue weighted by Gasteiger charge is 2.01. The fourth-order valence-electron chi connectivity index (χ4n) is 1.78. The Bertz CT molecular complexity index is 660. The number of hydrogen-bond acceptors (Lipinski definition) is 3. The fraction of sp³-hybridized carbons (Fsp3) is 0. The predicted molar refractivity (Wildman–Crippen MR) is 69.4 cm³/mol. The summed E-state index contributed by atoms with van der Waals surface area (Å²) < 4.78 is 0. The zero-order chi connectivity index (χ0) is 11.7. The van der Waals surface area contributed by atoms with Crippen molar-refractivity contribution < 1.29 is 0 Å². The van der Waals surface area contributed by atoms with Gasteiger partial charge >= 0.3 is 0 Å². The van der Waals surface area contributed by atoms with Crippen LogP contribution in [-0.4, -0.2) is 9.97 Å². The van der Waals surface area contributed by atoms with Crippen LogP contribution in [0.1, 0.15) is 0 Å². The van der Waals surface area contributed by atoms with Gasteiger partial charge in [0.1, 0.15) is 0 Å². The Morgan fingerprint density at radius 1 is 0.765 bits per heavy atom. The van der Waals surface area contributed by atoms with Gasteiger partial charge in [-0.2, -0.15) is 0 Å². The molecule has 2 heterocycles. The van der Waals surface area contributed by atoms with Crippen LogP contribution >= 0.6 is 0 Å². The Balaban J connectivity index is 2.14. The van der Waals surface area contributed by atoms with Crippen molar-refractivity contribution in [1.29, 1.82) is 0 Å². The van der Waals surface area contributed by atoms with E-state index in [2.05, 4.69) is 16.0 Å². The molecule has 3 nitrogen and oxygen atoms in total. The first kappa shape index (κ1) is 9.78. The van der Waals surface area contributed by atoms with E-state index in [1.807, 2.05) is 42.6 Å². The molecule has 0 amide bonds. The monoisotopic (exact) mass is 221 g/mol. The zero-order valence-electron chi connectivity index (χ0n) is 9.17. The minimum atomic E-state index is 0.662. The molecule has 3 heteroatoms. The van der Waals surface area contributed by atoms with Gasteiger partial charge in [-0.15, -0.1) is 0 Å². The molecule has 0 saturated carbocycles. The molecule has 0 bridgehead atoms. The Hall–Kier alpha value is -2.42. The van der Waals surface area contributed by atoms with Gasteiger partial charge in [0.15, 0.2) is 0 Å². The van der Waals surface area contributed by atoms with Crippen molar-refractivity contribution in [3.8, 4) is 11.4 Å². The molecule has 1 aromatic carbocycles. The Morgan fingerprint density at radius 2 is 1.53 bits per heavy atom. The van der Waals surface area contributed by atoms with Crippen molar-refractivity contribution in [2.24, 2.45) is 0 Å². The van der Waals surface area contributed by atoms with E-state index in [1.165, 1.54) is 0 Å². The van der Waals surface area contributed by atoms with Gasteiger partial charge in [0.05, 0.1) is 23.3 Å². The van der Waals surface area contributed by atoms with Crippen molar-refractivity contribution in [1.82, 2.24) is 9.97 Å². The maximum Gasteiger partial charge on any atom is 0.0892 e. The minimum absolute atomic E-state index is 0.662. The summed E-state index contributed by atoms with van der Waals surface area (Å²) in [7, 11) is 0. The molecule has 0 atom stereocenters. The molecule has 0 saturated heterocycles. The average molecular weight is 221 g/mol. The summed E-state index contributed by atoms with van der Waals surface area (Å²) in [5, 5.41) is 2.29. The molecule has 0 radical (unpaired) electrons. The van der Waals surface area contributed by atoms with Crippen LogP contribution in [0.4, 0.5) is 5.69 Å². The van der Waals surface area contributed by atoms with E-state index < -0.39 is 0 Å². The van der Waals surface area contributed by atoms with E-state index in [4.69, 9.17) is 5.73 Å². The van der Waals surface area contributed by atoms with E-state index in [0.717, 1.165) is 22.2 Å². The van der Waals surface area contributed by atoms with Crippen LogP contribution in [0.25, 0.3) is 22.2 Å². The molecule has 0 unspecified atom stereocenters. The van der Waals surface area contributed by atoms with Crippen molar-refractivity contribution in [2.45, 2.75) is 0 Å². The highest BCUT2D eigenvalue weighted by Crippen LogP contribution is 2.20. The smallest absolute Gasteiger partial charge is 0.0892 e. The topological polar surface area (TPSA) is 51.8 Å². The van der Waals surface area contributed by atoms with E-state index in [1.54, 1.807) is 6.20 Å². The zero-order valence-corrected chi connectivity index (χ0v) is 9.17. The molecule has 0 fully saturated rings. The normalized spacial score (nSPS) is 10.6. The van der Waals surface area contributed by atoms with Crippen LogP contribution in [0.15, 0.2) is 54.9 Å². The van der Waals surface area contributed by atoms with Crippen LogP contribution in [0.3, 0.4) is 0 Å². The summed E-state index contributed by atoms with van der Waals surface area (Å²) in [6.45, 7) is 0. The number of rotatable bonds is 1. The van der Waals surface area contributed by atoms with Crippen LogP contribution < -0.4 is 5.73 Å². The summed E-state index contributed by atoms with van der Waals surface area (Å²) in [6, 6.07) is 13.9. The van der Waals surface area contributed by atoms with E-state index in [9.17, 15) is 0 Å². The molecule has 0 spiro atoms. The third kappa shape index (κ3) is 1.83. The van der Waals surface area contributed by atoms with Crippen LogP contribution in [0, 0.1) is 0 Å². The predicted octanol–water partition coefficient (Wildman–Crippen LogP) is 2.88. The molecular weight excluding hydrogens is 210 g/mol. The summed E-state index contributed by atoms with van der Waals surface area (Å²) in [5.41, 5.74) is 7.98. The first-order valence-corrected chi connectivity index (χ1v) is 5.40. The van der Waals surface area contributed by atoms with Gasteiger partial charge in [-0.3, -0.25) is 9.97 Å². The highest BCUT2D eigenvalue weighted by atomic mass is 14.8. The lowest BCUT2D eigenvalue weighted by Crippen LogP contribution is -1.90. The number of fused-ring (bicyclic) bond motifs is 1. The number of pyridine rings is 2. The van der Waals surface area contributed by atoms with Gasteiger partial charge in [-0.05, 0) is 23.6 Å². The lowest BCUT2D eigenvalue weighted by atomic mass is 10.1. The molecule has 3 rings (SSSR count). The first-order valence-electron chi connectivity index (χ1n) is 5.40. The van der Waals surface area contributed by atoms with Gasteiger partial charge in [0, 0.05) is 11.6 Å². The van der Waals surface area contributed by atoms with Gasteiger partial charge in [0.2, 0.25) is 0 Å². The molecule has 0 aliphatic heterocycles. The Kier molecular flexibility index (Phi) is 2.22. The second-order valence-electron chi connectivity index (χ2n) is 3.89. The summed E-state index contributed by atoms with van der Waals surface area (Å²) >= 11 is 0. The molecular formula is C14H11N3. The third-order valence-electron chi connectivity index (χ3n) is 2.68. The van der Waals surface area contributed by atoms with Gasteiger partial charge < -0.3 is 5.73 Å². The number of nitrogens with two attached hydrogens (primary N) is 1. The maximum atomic E-state index is 5.61. The summed E-state index contributed by atoms with van der Waals surface area (Å²) in [4.78, 5) is 8.67.